The van der Waals surface area contributed by atoms with Crippen molar-refractivity contribution in [3.8, 4) is 5.75 Å². The Morgan fingerprint density at radius 1 is 1.06 bits per heavy atom. The number of methoxy groups -OCH3 is 1. The first-order valence-electron chi connectivity index (χ1n) is 10.7. The average Bonchev–Trinajstić information content (AvgIpc) is 2.82. The van der Waals surface area contributed by atoms with E-state index in [9.17, 15) is 9.59 Å². The lowest BCUT2D eigenvalue weighted by Crippen LogP contribution is -2.51. The number of morpholine rings is 1. The molecule has 2 aromatic rings. The highest BCUT2D eigenvalue weighted by Crippen LogP contribution is 2.24. The Balaban J connectivity index is 1.70. The van der Waals surface area contributed by atoms with Gasteiger partial charge in [-0.1, -0.05) is 23.2 Å². The van der Waals surface area contributed by atoms with Gasteiger partial charge in [-0.05, 0) is 56.6 Å². The third-order valence-corrected chi connectivity index (χ3v) is 6.20. The van der Waals surface area contributed by atoms with Crippen LogP contribution in [-0.2, 0) is 4.74 Å². The standard InChI is InChI=1S/C24H29Cl2N3O4/c1-27(2)10-11-28(23(30)17-4-7-19(32-3)8-5-17)15-20-16-29(12-13-33-20)24(31)18-6-9-21(25)22(26)14-18/h4-9,14,20H,10-13,15-16H2,1-3H3. The molecule has 9 heteroatoms. The Bertz CT molecular complexity index is 969. The summed E-state index contributed by atoms with van der Waals surface area (Å²) in [6.45, 7) is 2.88. The molecule has 1 aliphatic heterocycles. The van der Waals surface area contributed by atoms with Crippen LogP contribution in [0.3, 0.4) is 0 Å². The SMILES string of the molecule is COc1ccc(C(=O)N(CCN(C)C)CC2CN(C(=O)c3ccc(Cl)c(Cl)c3)CCO2)cc1. The summed E-state index contributed by atoms with van der Waals surface area (Å²) in [5.41, 5.74) is 1.05. The summed E-state index contributed by atoms with van der Waals surface area (Å²) in [4.78, 5) is 31.8. The molecule has 0 N–H and O–H groups in total. The Labute approximate surface area is 204 Å². The highest BCUT2D eigenvalue weighted by Gasteiger charge is 2.28. The molecule has 1 unspecified atom stereocenters. The van der Waals surface area contributed by atoms with Gasteiger partial charge in [0.25, 0.3) is 11.8 Å². The maximum atomic E-state index is 13.2. The summed E-state index contributed by atoms with van der Waals surface area (Å²) in [7, 11) is 5.52. The summed E-state index contributed by atoms with van der Waals surface area (Å²) >= 11 is 12.1. The molecular formula is C24H29Cl2N3O4. The fourth-order valence-corrected chi connectivity index (χ4v) is 3.88. The van der Waals surface area contributed by atoms with Crippen molar-refractivity contribution < 1.29 is 19.1 Å². The molecule has 0 aliphatic carbocycles. The maximum Gasteiger partial charge on any atom is 0.254 e. The van der Waals surface area contributed by atoms with Crippen LogP contribution in [0.15, 0.2) is 42.5 Å². The topological polar surface area (TPSA) is 62.3 Å². The van der Waals surface area contributed by atoms with Gasteiger partial charge >= 0.3 is 0 Å². The van der Waals surface area contributed by atoms with Crippen molar-refractivity contribution in [3.05, 3.63) is 63.6 Å². The predicted octanol–water partition coefficient (Wildman–Crippen LogP) is 3.55. The lowest BCUT2D eigenvalue weighted by atomic mass is 10.1. The van der Waals surface area contributed by atoms with Crippen molar-refractivity contribution in [2.24, 2.45) is 0 Å². The molecule has 0 saturated carbocycles. The number of hydrogen-bond acceptors (Lipinski definition) is 5. The molecule has 0 aromatic heterocycles. The first-order chi connectivity index (χ1) is 15.8. The van der Waals surface area contributed by atoms with Gasteiger partial charge in [0.05, 0.1) is 29.9 Å². The minimum atomic E-state index is -0.296. The molecule has 178 valence electrons. The second-order valence-electron chi connectivity index (χ2n) is 8.16. The van der Waals surface area contributed by atoms with E-state index in [1.54, 1.807) is 59.4 Å². The van der Waals surface area contributed by atoms with Crippen LogP contribution in [0.4, 0.5) is 0 Å². The van der Waals surface area contributed by atoms with Crippen molar-refractivity contribution in [3.63, 3.8) is 0 Å². The Kier molecular flexibility index (Phi) is 8.97. The number of amides is 2. The van der Waals surface area contributed by atoms with E-state index in [0.29, 0.717) is 66.3 Å². The van der Waals surface area contributed by atoms with Crippen molar-refractivity contribution in [2.45, 2.75) is 6.10 Å². The lowest BCUT2D eigenvalue weighted by molar-refractivity contribution is -0.0334. The van der Waals surface area contributed by atoms with Gasteiger partial charge in [0.1, 0.15) is 5.75 Å². The molecule has 0 spiro atoms. The zero-order chi connectivity index (χ0) is 24.0. The summed E-state index contributed by atoms with van der Waals surface area (Å²) in [6, 6.07) is 11.9. The second-order valence-corrected chi connectivity index (χ2v) is 8.97. The molecule has 2 aromatic carbocycles. The van der Waals surface area contributed by atoms with E-state index in [4.69, 9.17) is 32.7 Å². The van der Waals surface area contributed by atoms with Gasteiger partial charge in [0.2, 0.25) is 0 Å². The van der Waals surface area contributed by atoms with Gasteiger partial charge in [-0.2, -0.15) is 0 Å². The van der Waals surface area contributed by atoms with E-state index in [1.165, 1.54) is 0 Å². The molecule has 1 heterocycles. The Morgan fingerprint density at radius 3 is 2.39 bits per heavy atom. The minimum absolute atomic E-state index is 0.0870. The highest BCUT2D eigenvalue weighted by atomic mass is 35.5. The zero-order valence-corrected chi connectivity index (χ0v) is 20.6. The van der Waals surface area contributed by atoms with Gasteiger partial charge in [-0.25, -0.2) is 0 Å². The van der Waals surface area contributed by atoms with Gasteiger partial charge in [0, 0.05) is 43.9 Å². The fourth-order valence-electron chi connectivity index (χ4n) is 3.58. The minimum Gasteiger partial charge on any atom is -0.497 e. The van der Waals surface area contributed by atoms with Gasteiger partial charge in [-0.3, -0.25) is 9.59 Å². The molecule has 7 nitrogen and oxygen atoms in total. The van der Waals surface area contributed by atoms with E-state index in [-0.39, 0.29) is 17.9 Å². The maximum absolute atomic E-state index is 13.2. The number of nitrogens with zero attached hydrogens (tertiary/aromatic N) is 3. The number of hydrogen-bond donors (Lipinski definition) is 0. The number of ether oxygens (including phenoxy) is 2. The number of rotatable bonds is 8. The number of benzene rings is 2. The van der Waals surface area contributed by atoms with Gasteiger partial charge < -0.3 is 24.2 Å². The summed E-state index contributed by atoms with van der Waals surface area (Å²) in [6.07, 6.45) is -0.296. The third kappa shape index (κ3) is 6.84. The first-order valence-corrected chi connectivity index (χ1v) is 11.5. The Hall–Kier alpha value is -2.32. The molecule has 1 saturated heterocycles. The quantitative estimate of drug-likeness (QED) is 0.562. The van der Waals surface area contributed by atoms with Crippen LogP contribution in [0.2, 0.25) is 10.0 Å². The molecule has 1 aliphatic rings. The van der Waals surface area contributed by atoms with E-state index in [1.807, 2.05) is 19.0 Å². The van der Waals surface area contributed by atoms with Crippen molar-refractivity contribution in [2.75, 3.05) is 60.5 Å². The van der Waals surface area contributed by atoms with Crippen molar-refractivity contribution >= 4 is 35.0 Å². The van der Waals surface area contributed by atoms with E-state index >= 15 is 0 Å². The van der Waals surface area contributed by atoms with Crippen LogP contribution in [-0.4, -0.2) is 93.2 Å². The van der Waals surface area contributed by atoms with Crippen LogP contribution in [0.1, 0.15) is 20.7 Å². The molecule has 0 radical (unpaired) electrons. The second kappa shape index (κ2) is 11.7. The van der Waals surface area contributed by atoms with Gasteiger partial charge in [-0.15, -0.1) is 0 Å². The van der Waals surface area contributed by atoms with Gasteiger partial charge in [0.15, 0.2) is 0 Å². The van der Waals surface area contributed by atoms with Crippen LogP contribution in [0.25, 0.3) is 0 Å². The van der Waals surface area contributed by atoms with E-state index in [2.05, 4.69) is 0 Å². The molecule has 33 heavy (non-hydrogen) atoms. The van der Waals surface area contributed by atoms with Crippen molar-refractivity contribution in [1.29, 1.82) is 0 Å². The average molecular weight is 494 g/mol. The fraction of sp³-hybridized carbons (Fsp3) is 0.417. The normalized spacial score (nSPS) is 16.1. The monoisotopic (exact) mass is 493 g/mol. The number of carbonyl (C=O) groups excluding carboxylic acids is 2. The van der Waals surface area contributed by atoms with E-state index < -0.39 is 0 Å². The predicted molar refractivity (Wildman–Crippen MR) is 130 cm³/mol. The summed E-state index contributed by atoms with van der Waals surface area (Å²) in [5, 5.41) is 0.744. The number of halogens is 2. The molecule has 3 rings (SSSR count). The van der Waals surface area contributed by atoms with Crippen LogP contribution < -0.4 is 4.74 Å². The highest BCUT2D eigenvalue weighted by molar-refractivity contribution is 6.42. The van der Waals surface area contributed by atoms with Crippen LogP contribution >= 0.6 is 23.2 Å². The molecular weight excluding hydrogens is 465 g/mol. The van der Waals surface area contributed by atoms with Crippen molar-refractivity contribution in [1.82, 2.24) is 14.7 Å². The number of carbonyl (C=O) groups is 2. The zero-order valence-electron chi connectivity index (χ0n) is 19.1. The lowest BCUT2D eigenvalue weighted by Gasteiger charge is -2.36. The molecule has 0 bridgehead atoms. The van der Waals surface area contributed by atoms with Crippen LogP contribution in [0.5, 0.6) is 5.75 Å². The molecule has 2 amide bonds. The number of likely N-dealkylation sites (N-methyl/N-ethyl adjacent to an activating group) is 1. The first kappa shape index (κ1) is 25.3. The molecule has 1 atom stereocenters. The summed E-state index contributed by atoms with van der Waals surface area (Å²) < 4.78 is 11.1. The Morgan fingerprint density at radius 2 is 1.76 bits per heavy atom. The largest absolute Gasteiger partial charge is 0.497 e. The smallest absolute Gasteiger partial charge is 0.254 e. The third-order valence-electron chi connectivity index (χ3n) is 5.46. The van der Waals surface area contributed by atoms with E-state index in [0.717, 1.165) is 0 Å². The molecule has 1 fully saturated rings. The van der Waals surface area contributed by atoms with Crippen LogP contribution in [0, 0.1) is 0 Å². The summed E-state index contributed by atoms with van der Waals surface area (Å²) in [5.74, 6) is 0.470.